The van der Waals surface area contributed by atoms with Crippen LogP contribution in [-0.4, -0.2) is 16.6 Å². The molecule has 0 saturated heterocycles. The Morgan fingerprint density at radius 3 is 2.47 bits per heavy atom. The summed E-state index contributed by atoms with van der Waals surface area (Å²) in [6, 6.07) is 10.0. The second kappa shape index (κ2) is 6.80. The van der Waals surface area contributed by atoms with Crippen LogP contribution in [-0.2, 0) is 6.42 Å². The molecule has 0 unspecified atom stereocenters. The predicted octanol–water partition coefficient (Wildman–Crippen LogP) is 2.75. The Balaban J connectivity index is 1.74. The number of thiocarbonyl (C=S) groups is 1. The van der Waals surface area contributed by atoms with Crippen molar-refractivity contribution in [3.05, 3.63) is 60.2 Å². The Bertz CT molecular complexity index is 528. The van der Waals surface area contributed by atoms with Crippen LogP contribution in [0.1, 0.15) is 5.56 Å². The molecule has 0 atom stereocenters. The molecule has 19 heavy (non-hydrogen) atoms. The monoisotopic (exact) mass is 275 g/mol. The first kappa shape index (κ1) is 13.4. The fraction of sp³-hybridized carbons (Fsp3) is 0.143. The Morgan fingerprint density at radius 1 is 1.11 bits per heavy atom. The number of nitrogens with zero attached hydrogens (tertiary/aromatic N) is 1. The van der Waals surface area contributed by atoms with Gasteiger partial charge in [-0.15, -0.1) is 0 Å². The van der Waals surface area contributed by atoms with Crippen molar-refractivity contribution in [2.45, 2.75) is 6.42 Å². The Hall–Kier alpha value is -2.01. The third kappa shape index (κ3) is 4.63. The average Bonchev–Trinajstić information content (AvgIpc) is 2.43. The fourth-order valence-corrected chi connectivity index (χ4v) is 1.80. The standard InChI is InChI=1S/C14H14FN3S/c15-12-1-3-13(4-2-12)18-14(19)17-10-7-11-5-8-16-9-6-11/h1-6,8-9H,7,10H2,(H2,17,18,19). The molecule has 5 heteroatoms. The number of aromatic nitrogens is 1. The van der Waals surface area contributed by atoms with E-state index in [0.29, 0.717) is 5.11 Å². The van der Waals surface area contributed by atoms with Crippen LogP contribution in [0.4, 0.5) is 10.1 Å². The van der Waals surface area contributed by atoms with Crippen LogP contribution in [0, 0.1) is 5.82 Å². The van der Waals surface area contributed by atoms with Crippen molar-refractivity contribution in [3.63, 3.8) is 0 Å². The van der Waals surface area contributed by atoms with Gasteiger partial charge in [0.1, 0.15) is 5.82 Å². The van der Waals surface area contributed by atoms with E-state index in [1.165, 1.54) is 17.7 Å². The van der Waals surface area contributed by atoms with E-state index >= 15 is 0 Å². The van der Waals surface area contributed by atoms with E-state index in [4.69, 9.17) is 12.2 Å². The normalized spacial score (nSPS) is 9.95. The van der Waals surface area contributed by atoms with Gasteiger partial charge < -0.3 is 10.6 Å². The van der Waals surface area contributed by atoms with Gasteiger partial charge in [-0.3, -0.25) is 4.98 Å². The van der Waals surface area contributed by atoms with E-state index in [0.717, 1.165) is 18.7 Å². The summed E-state index contributed by atoms with van der Waals surface area (Å²) in [7, 11) is 0. The van der Waals surface area contributed by atoms with Crippen LogP contribution in [0.5, 0.6) is 0 Å². The van der Waals surface area contributed by atoms with Crippen molar-refractivity contribution in [1.82, 2.24) is 10.3 Å². The number of pyridine rings is 1. The van der Waals surface area contributed by atoms with E-state index in [1.807, 2.05) is 12.1 Å². The molecule has 2 aromatic rings. The molecule has 0 aliphatic carbocycles. The molecular weight excluding hydrogens is 261 g/mol. The maximum Gasteiger partial charge on any atom is 0.170 e. The lowest BCUT2D eigenvalue weighted by atomic mass is 10.2. The first-order valence-corrected chi connectivity index (χ1v) is 6.34. The maximum absolute atomic E-state index is 12.7. The van der Waals surface area contributed by atoms with Gasteiger partial charge in [0, 0.05) is 24.6 Å². The summed E-state index contributed by atoms with van der Waals surface area (Å²) < 4.78 is 12.7. The highest BCUT2D eigenvalue weighted by Crippen LogP contribution is 2.07. The zero-order valence-corrected chi connectivity index (χ0v) is 11.1. The van der Waals surface area contributed by atoms with Crippen molar-refractivity contribution in [2.75, 3.05) is 11.9 Å². The summed E-state index contributed by atoms with van der Waals surface area (Å²) in [4.78, 5) is 3.96. The molecule has 0 aliphatic rings. The molecule has 0 aliphatic heterocycles. The van der Waals surface area contributed by atoms with Crippen LogP contribution < -0.4 is 10.6 Å². The van der Waals surface area contributed by atoms with Crippen molar-refractivity contribution < 1.29 is 4.39 Å². The van der Waals surface area contributed by atoms with E-state index in [1.54, 1.807) is 24.5 Å². The Labute approximate surface area is 116 Å². The van der Waals surface area contributed by atoms with Crippen molar-refractivity contribution in [1.29, 1.82) is 0 Å². The number of hydrogen-bond acceptors (Lipinski definition) is 2. The van der Waals surface area contributed by atoms with E-state index in [2.05, 4.69) is 15.6 Å². The molecule has 0 fully saturated rings. The number of anilines is 1. The zero-order chi connectivity index (χ0) is 13.5. The first-order valence-electron chi connectivity index (χ1n) is 5.93. The van der Waals surface area contributed by atoms with E-state index in [9.17, 15) is 4.39 Å². The molecule has 0 amide bonds. The third-order valence-corrected chi connectivity index (χ3v) is 2.80. The minimum absolute atomic E-state index is 0.262. The van der Waals surface area contributed by atoms with Crippen molar-refractivity contribution >= 4 is 23.0 Å². The molecule has 1 aromatic heterocycles. The highest BCUT2D eigenvalue weighted by molar-refractivity contribution is 7.80. The van der Waals surface area contributed by atoms with Crippen molar-refractivity contribution in [2.24, 2.45) is 0 Å². The average molecular weight is 275 g/mol. The fourth-order valence-electron chi connectivity index (χ4n) is 1.58. The lowest BCUT2D eigenvalue weighted by molar-refractivity contribution is 0.628. The lowest BCUT2D eigenvalue weighted by Gasteiger charge is -2.10. The topological polar surface area (TPSA) is 37.0 Å². The minimum Gasteiger partial charge on any atom is -0.362 e. The predicted molar refractivity (Wildman–Crippen MR) is 78.6 cm³/mol. The molecule has 0 spiro atoms. The van der Waals surface area contributed by atoms with Crippen LogP contribution in [0.2, 0.25) is 0 Å². The second-order valence-electron chi connectivity index (χ2n) is 3.99. The van der Waals surface area contributed by atoms with E-state index < -0.39 is 0 Å². The number of hydrogen-bond donors (Lipinski definition) is 2. The summed E-state index contributed by atoms with van der Waals surface area (Å²) in [6.07, 6.45) is 4.41. The van der Waals surface area contributed by atoms with Gasteiger partial charge in [0.2, 0.25) is 0 Å². The minimum atomic E-state index is -0.262. The molecule has 0 saturated carbocycles. The van der Waals surface area contributed by atoms with E-state index in [-0.39, 0.29) is 5.82 Å². The van der Waals surface area contributed by atoms with Gasteiger partial charge in [0.15, 0.2) is 5.11 Å². The van der Waals surface area contributed by atoms with Crippen LogP contribution in [0.3, 0.4) is 0 Å². The smallest absolute Gasteiger partial charge is 0.170 e. The second-order valence-corrected chi connectivity index (χ2v) is 4.40. The van der Waals surface area contributed by atoms with Crippen LogP contribution >= 0.6 is 12.2 Å². The quantitative estimate of drug-likeness (QED) is 0.841. The molecule has 1 heterocycles. The summed E-state index contributed by atoms with van der Waals surface area (Å²) in [6.45, 7) is 0.733. The SMILES string of the molecule is Fc1ccc(NC(=S)NCCc2ccncc2)cc1. The highest BCUT2D eigenvalue weighted by atomic mass is 32.1. The zero-order valence-electron chi connectivity index (χ0n) is 10.3. The molecule has 3 nitrogen and oxygen atoms in total. The molecule has 1 aromatic carbocycles. The number of benzene rings is 1. The lowest BCUT2D eigenvalue weighted by Crippen LogP contribution is -2.30. The molecular formula is C14H14FN3S. The molecule has 98 valence electrons. The van der Waals surface area contributed by atoms with Gasteiger partial charge in [0.25, 0.3) is 0 Å². The van der Waals surface area contributed by atoms with Gasteiger partial charge in [-0.05, 0) is 60.6 Å². The van der Waals surface area contributed by atoms with Crippen molar-refractivity contribution in [3.8, 4) is 0 Å². The first-order chi connectivity index (χ1) is 9.24. The van der Waals surface area contributed by atoms with Gasteiger partial charge in [-0.1, -0.05) is 0 Å². The number of halogens is 1. The maximum atomic E-state index is 12.7. The molecule has 2 rings (SSSR count). The van der Waals surface area contributed by atoms with Crippen LogP contribution in [0.25, 0.3) is 0 Å². The van der Waals surface area contributed by atoms with Gasteiger partial charge in [-0.25, -0.2) is 4.39 Å². The van der Waals surface area contributed by atoms with Gasteiger partial charge in [-0.2, -0.15) is 0 Å². The van der Waals surface area contributed by atoms with Crippen LogP contribution in [0.15, 0.2) is 48.8 Å². The largest absolute Gasteiger partial charge is 0.362 e. The molecule has 0 radical (unpaired) electrons. The summed E-state index contributed by atoms with van der Waals surface area (Å²) in [5.41, 5.74) is 1.97. The summed E-state index contributed by atoms with van der Waals surface area (Å²) in [5.74, 6) is -0.262. The third-order valence-electron chi connectivity index (χ3n) is 2.55. The highest BCUT2D eigenvalue weighted by Gasteiger charge is 1.98. The number of nitrogens with one attached hydrogen (secondary N) is 2. The van der Waals surface area contributed by atoms with Gasteiger partial charge in [0.05, 0.1) is 0 Å². The summed E-state index contributed by atoms with van der Waals surface area (Å²) in [5, 5.41) is 6.63. The number of rotatable bonds is 4. The Morgan fingerprint density at radius 2 is 1.79 bits per heavy atom. The Kier molecular flexibility index (Phi) is 4.80. The molecule has 2 N–H and O–H groups in total. The molecule has 0 bridgehead atoms. The summed E-state index contributed by atoms with van der Waals surface area (Å²) >= 11 is 5.16. The van der Waals surface area contributed by atoms with Gasteiger partial charge >= 0.3 is 0 Å².